The van der Waals surface area contributed by atoms with E-state index in [1.54, 1.807) is 30.3 Å². The monoisotopic (exact) mass is 481 g/mol. The third-order valence-electron chi connectivity index (χ3n) is 4.89. The van der Waals surface area contributed by atoms with Crippen LogP contribution in [0.5, 0.6) is 0 Å². The van der Waals surface area contributed by atoms with Crippen molar-refractivity contribution >= 4 is 32.6 Å². The molecule has 0 unspecified atom stereocenters. The fourth-order valence-electron chi connectivity index (χ4n) is 3.31. The Balaban J connectivity index is 1.87. The minimum Gasteiger partial charge on any atom is -0.266 e. The average molecular weight is 482 g/mol. The van der Waals surface area contributed by atoms with E-state index < -0.39 is 26.4 Å². The largest absolute Gasteiger partial charge is 0.289 e. The summed E-state index contributed by atoms with van der Waals surface area (Å²) in [6, 6.07) is 19.0. The van der Waals surface area contributed by atoms with Crippen molar-refractivity contribution in [1.82, 2.24) is 24.5 Å². The molecule has 0 atom stereocenters. The van der Waals surface area contributed by atoms with Gasteiger partial charge in [0, 0.05) is 5.02 Å². The topological polar surface area (TPSA) is 99.7 Å². The van der Waals surface area contributed by atoms with E-state index in [1.165, 1.54) is 28.9 Å². The van der Waals surface area contributed by atoms with Crippen molar-refractivity contribution in [2.45, 2.75) is 10.1 Å². The van der Waals surface area contributed by atoms with Crippen LogP contribution in [-0.2, 0) is 9.84 Å². The van der Waals surface area contributed by atoms with E-state index in [9.17, 15) is 17.6 Å². The highest BCUT2D eigenvalue weighted by Crippen LogP contribution is 2.24. The molecule has 8 nitrogen and oxygen atoms in total. The molecule has 0 amide bonds. The van der Waals surface area contributed by atoms with E-state index in [0.717, 1.165) is 28.8 Å². The molecule has 5 rings (SSSR count). The van der Waals surface area contributed by atoms with Crippen LogP contribution in [0.25, 0.3) is 22.5 Å². The molecule has 3 aromatic carbocycles. The molecule has 164 valence electrons. The Bertz CT molecular complexity index is 1650. The van der Waals surface area contributed by atoms with Crippen LogP contribution >= 0.6 is 11.6 Å². The minimum absolute atomic E-state index is 0.0305. The Kier molecular flexibility index (Phi) is 5.03. The first-order chi connectivity index (χ1) is 15.9. The molecule has 0 saturated heterocycles. The number of benzene rings is 3. The van der Waals surface area contributed by atoms with Gasteiger partial charge in [-0.15, -0.1) is 5.10 Å². The van der Waals surface area contributed by atoms with Crippen LogP contribution in [0.3, 0.4) is 0 Å². The van der Waals surface area contributed by atoms with E-state index in [1.807, 2.05) is 0 Å². The summed E-state index contributed by atoms with van der Waals surface area (Å²) in [5.41, 5.74) is -0.121. The van der Waals surface area contributed by atoms with Crippen LogP contribution < -0.4 is 5.56 Å². The maximum absolute atomic E-state index is 13.6. The molecule has 0 radical (unpaired) electrons. The number of aromatic nitrogens is 5. The van der Waals surface area contributed by atoms with Crippen LogP contribution in [0.1, 0.15) is 0 Å². The molecule has 0 aliphatic rings. The summed E-state index contributed by atoms with van der Waals surface area (Å²) in [6.07, 6.45) is 0. The summed E-state index contributed by atoms with van der Waals surface area (Å²) in [7, 11) is -4.35. The highest BCUT2D eigenvalue weighted by molar-refractivity contribution is 7.91. The Labute approximate surface area is 191 Å². The maximum Gasteiger partial charge on any atom is 0.289 e. The van der Waals surface area contributed by atoms with Gasteiger partial charge in [-0.25, -0.2) is 17.4 Å². The fraction of sp³-hybridized carbons (Fsp3) is 0. The molecule has 5 aromatic rings. The summed E-state index contributed by atoms with van der Waals surface area (Å²) in [5, 5.41) is 7.80. The van der Waals surface area contributed by atoms with Gasteiger partial charge in [0.2, 0.25) is 15.0 Å². The van der Waals surface area contributed by atoms with Gasteiger partial charge in [-0.3, -0.25) is 4.79 Å². The SMILES string of the molecule is O=c1c2nnn(-c3ccccc3)c2nc(S(=O)(=O)c2ccc(F)cc2)n1-c1ccc(Cl)cc1. The van der Waals surface area contributed by atoms with Gasteiger partial charge < -0.3 is 0 Å². The van der Waals surface area contributed by atoms with E-state index in [0.29, 0.717) is 10.7 Å². The zero-order valence-corrected chi connectivity index (χ0v) is 18.2. The molecular weight excluding hydrogens is 469 g/mol. The highest BCUT2D eigenvalue weighted by Gasteiger charge is 2.29. The lowest BCUT2D eigenvalue weighted by molar-refractivity contribution is 0.579. The number of halogens is 2. The summed E-state index contributed by atoms with van der Waals surface area (Å²) in [5.74, 6) is -0.598. The summed E-state index contributed by atoms with van der Waals surface area (Å²) in [4.78, 5) is 17.6. The Morgan fingerprint density at radius 1 is 0.848 bits per heavy atom. The first kappa shape index (κ1) is 21.0. The van der Waals surface area contributed by atoms with Crippen molar-refractivity contribution in [3.63, 3.8) is 0 Å². The minimum atomic E-state index is -4.35. The second kappa shape index (κ2) is 7.91. The van der Waals surface area contributed by atoms with E-state index in [4.69, 9.17) is 11.6 Å². The third-order valence-corrected chi connectivity index (χ3v) is 6.79. The number of para-hydroxylation sites is 1. The van der Waals surface area contributed by atoms with Crippen LogP contribution in [0.4, 0.5) is 4.39 Å². The normalized spacial score (nSPS) is 11.7. The lowest BCUT2D eigenvalue weighted by Crippen LogP contribution is -2.27. The van der Waals surface area contributed by atoms with Gasteiger partial charge in [-0.05, 0) is 60.7 Å². The Hall–Kier alpha value is -3.89. The number of fused-ring (bicyclic) bond motifs is 1. The summed E-state index contributed by atoms with van der Waals surface area (Å²) >= 11 is 5.96. The number of nitrogens with zero attached hydrogens (tertiary/aromatic N) is 5. The molecule has 0 aliphatic carbocycles. The van der Waals surface area contributed by atoms with Gasteiger partial charge >= 0.3 is 0 Å². The average Bonchev–Trinajstić information content (AvgIpc) is 3.25. The number of hydrogen-bond acceptors (Lipinski definition) is 6. The fourth-order valence-corrected chi connectivity index (χ4v) is 4.78. The summed E-state index contributed by atoms with van der Waals surface area (Å²) < 4.78 is 42.8. The second-order valence-electron chi connectivity index (χ2n) is 6.98. The van der Waals surface area contributed by atoms with Crippen molar-refractivity contribution in [2.24, 2.45) is 0 Å². The van der Waals surface area contributed by atoms with Crippen molar-refractivity contribution in [2.75, 3.05) is 0 Å². The van der Waals surface area contributed by atoms with E-state index in [-0.39, 0.29) is 21.7 Å². The molecule has 11 heteroatoms. The zero-order valence-electron chi connectivity index (χ0n) is 16.6. The molecule has 0 spiro atoms. The van der Waals surface area contributed by atoms with Crippen molar-refractivity contribution in [1.29, 1.82) is 0 Å². The molecule has 2 heterocycles. The number of sulfone groups is 1. The molecule has 0 fully saturated rings. The van der Waals surface area contributed by atoms with Gasteiger partial charge in [-0.2, -0.15) is 9.67 Å². The van der Waals surface area contributed by atoms with Crippen molar-refractivity contribution in [3.05, 3.63) is 100 Å². The van der Waals surface area contributed by atoms with Crippen LogP contribution in [0.15, 0.2) is 93.7 Å². The van der Waals surface area contributed by atoms with E-state index in [2.05, 4.69) is 15.3 Å². The number of rotatable bonds is 4. The van der Waals surface area contributed by atoms with Gasteiger partial charge in [0.15, 0.2) is 11.2 Å². The predicted octanol–water partition coefficient (Wildman–Crippen LogP) is 3.59. The molecule has 0 aliphatic heterocycles. The molecule has 0 N–H and O–H groups in total. The van der Waals surface area contributed by atoms with Crippen LogP contribution in [0.2, 0.25) is 5.02 Å². The zero-order chi connectivity index (χ0) is 23.2. The highest BCUT2D eigenvalue weighted by atomic mass is 35.5. The smallest absolute Gasteiger partial charge is 0.266 e. The molecule has 0 bridgehead atoms. The molecule has 2 aromatic heterocycles. The standard InChI is InChI=1S/C22H13ClFN5O3S/c23-14-6-10-16(11-7-14)28-21(30)19-20(29(27-26-19)17-4-2-1-3-5-17)25-22(28)33(31,32)18-12-8-15(24)9-13-18/h1-13H. The first-order valence-electron chi connectivity index (χ1n) is 9.57. The second-order valence-corrected chi connectivity index (χ2v) is 9.26. The third kappa shape index (κ3) is 3.59. The molecule has 0 saturated carbocycles. The molecular formula is C22H13ClFN5O3S. The maximum atomic E-state index is 13.6. The van der Waals surface area contributed by atoms with Gasteiger partial charge in [0.25, 0.3) is 5.56 Å². The van der Waals surface area contributed by atoms with Gasteiger partial charge in [0.05, 0.1) is 16.3 Å². The van der Waals surface area contributed by atoms with Crippen LogP contribution in [-0.4, -0.2) is 33.0 Å². The lowest BCUT2D eigenvalue weighted by Gasteiger charge is -2.13. The van der Waals surface area contributed by atoms with Crippen LogP contribution in [0, 0.1) is 5.82 Å². The lowest BCUT2D eigenvalue weighted by atomic mass is 10.3. The van der Waals surface area contributed by atoms with Gasteiger partial charge in [-0.1, -0.05) is 35.0 Å². The Morgan fingerprint density at radius 3 is 2.18 bits per heavy atom. The predicted molar refractivity (Wildman–Crippen MR) is 119 cm³/mol. The van der Waals surface area contributed by atoms with E-state index >= 15 is 0 Å². The summed E-state index contributed by atoms with van der Waals surface area (Å²) in [6.45, 7) is 0. The Morgan fingerprint density at radius 2 is 1.52 bits per heavy atom. The first-order valence-corrected chi connectivity index (χ1v) is 11.4. The van der Waals surface area contributed by atoms with Crippen molar-refractivity contribution in [3.8, 4) is 11.4 Å². The molecule has 33 heavy (non-hydrogen) atoms. The van der Waals surface area contributed by atoms with Gasteiger partial charge in [0.1, 0.15) is 5.82 Å². The van der Waals surface area contributed by atoms with Crippen molar-refractivity contribution < 1.29 is 12.8 Å². The number of hydrogen-bond donors (Lipinski definition) is 0. The quantitative estimate of drug-likeness (QED) is 0.287.